The number of hydrogen-bond donors (Lipinski definition) is 1. The van der Waals surface area contributed by atoms with Gasteiger partial charge >= 0.3 is 0 Å². The van der Waals surface area contributed by atoms with Gasteiger partial charge in [0, 0.05) is 48.2 Å². The van der Waals surface area contributed by atoms with Crippen LogP contribution in [0.15, 0.2) is 42.5 Å². The second-order valence-electron chi connectivity index (χ2n) is 10.2. The third-order valence-electron chi connectivity index (χ3n) is 8.32. The molecule has 2 aromatic heterocycles. The van der Waals surface area contributed by atoms with E-state index in [9.17, 15) is 9.59 Å². The van der Waals surface area contributed by atoms with Gasteiger partial charge in [0.05, 0.1) is 12.1 Å². The number of halogens is 1. The second-order valence-corrected chi connectivity index (χ2v) is 10.6. The Morgan fingerprint density at radius 2 is 1.57 bits per heavy atom. The van der Waals surface area contributed by atoms with Gasteiger partial charge in [0.2, 0.25) is 0 Å². The number of fused-ring (bicyclic) bond motifs is 6. The molecule has 37 heavy (non-hydrogen) atoms. The van der Waals surface area contributed by atoms with E-state index in [1.54, 1.807) is 24.3 Å². The minimum atomic E-state index is -0.0795. The Balaban J connectivity index is 1.06. The molecule has 2 aliphatic heterocycles. The van der Waals surface area contributed by atoms with Crippen molar-refractivity contribution in [1.82, 2.24) is 30.2 Å². The summed E-state index contributed by atoms with van der Waals surface area (Å²) in [6.45, 7) is 5.25. The summed E-state index contributed by atoms with van der Waals surface area (Å²) >= 11 is 6.19. The van der Waals surface area contributed by atoms with Crippen molar-refractivity contribution in [2.45, 2.75) is 6.92 Å². The van der Waals surface area contributed by atoms with E-state index in [0.29, 0.717) is 76.4 Å². The fourth-order valence-corrected chi connectivity index (χ4v) is 6.74. The van der Waals surface area contributed by atoms with Crippen LogP contribution in [0.4, 0.5) is 0 Å². The van der Waals surface area contributed by atoms with Gasteiger partial charge < -0.3 is 14.5 Å². The number of aromatic amines is 1. The molecular formula is C27H25ClN6O3. The van der Waals surface area contributed by atoms with Crippen LogP contribution in [-0.2, 0) is 0 Å². The molecule has 2 aromatic carbocycles. The van der Waals surface area contributed by atoms with Gasteiger partial charge in [-0.15, -0.1) is 0 Å². The Hall–Kier alpha value is -3.72. The molecule has 4 heterocycles. The normalized spacial score (nSPS) is 24.3. The average molecular weight is 517 g/mol. The number of nitrogens with one attached hydrogen (secondary N) is 1. The minimum absolute atomic E-state index is 0.0350. The second kappa shape index (κ2) is 8.41. The van der Waals surface area contributed by atoms with Crippen molar-refractivity contribution < 1.29 is 14.3 Å². The summed E-state index contributed by atoms with van der Waals surface area (Å²) in [6.07, 6.45) is 0. The molecule has 0 bridgehead atoms. The van der Waals surface area contributed by atoms with E-state index in [0.717, 1.165) is 24.0 Å². The highest BCUT2D eigenvalue weighted by Gasteiger charge is 2.59. The van der Waals surface area contributed by atoms with E-state index in [4.69, 9.17) is 16.3 Å². The predicted octanol–water partition coefficient (Wildman–Crippen LogP) is 3.65. The Kier molecular flexibility index (Phi) is 5.11. The number of amides is 2. The zero-order chi connectivity index (χ0) is 25.3. The Morgan fingerprint density at radius 3 is 2.27 bits per heavy atom. The third kappa shape index (κ3) is 3.55. The molecule has 188 valence electrons. The standard InChI is InChI=1S/C27H25ClN6O3/c1-2-37-25-9-24(29-22-8-15(28)4-5-16(22)25)27(36)34-12-19-17-10-33(11-18(17)20(19)13-34)26(35)14-3-6-21-23(7-14)31-32-30-21/h3-9,17-20H,2,10-13H2,1H3,(H,30,31,32)/t17-,18+,19+,20-. The average Bonchev–Trinajstić information content (AvgIpc) is 3.61. The summed E-state index contributed by atoms with van der Waals surface area (Å²) in [5, 5.41) is 12.2. The van der Waals surface area contributed by atoms with Crippen molar-refractivity contribution in [2.24, 2.45) is 23.7 Å². The lowest BCUT2D eigenvalue weighted by Gasteiger charge is -2.42. The van der Waals surface area contributed by atoms with Gasteiger partial charge in [-0.2, -0.15) is 15.4 Å². The van der Waals surface area contributed by atoms with Crippen molar-refractivity contribution in [2.75, 3.05) is 32.8 Å². The van der Waals surface area contributed by atoms with Crippen molar-refractivity contribution in [3.63, 3.8) is 0 Å². The van der Waals surface area contributed by atoms with Crippen molar-refractivity contribution >= 4 is 45.4 Å². The van der Waals surface area contributed by atoms with Crippen molar-refractivity contribution in [3.8, 4) is 5.75 Å². The van der Waals surface area contributed by atoms with Gasteiger partial charge in [-0.05, 0) is 67.0 Å². The van der Waals surface area contributed by atoms with Crippen molar-refractivity contribution in [1.29, 1.82) is 0 Å². The first-order valence-corrected chi connectivity index (χ1v) is 13.0. The number of likely N-dealkylation sites (tertiary alicyclic amines) is 2. The molecule has 2 amide bonds. The molecule has 0 spiro atoms. The monoisotopic (exact) mass is 516 g/mol. The van der Waals surface area contributed by atoms with Gasteiger partial charge in [0.25, 0.3) is 11.8 Å². The highest BCUT2D eigenvalue weighted by molar-refractivity contribution is 6.31. The quantitative estimate of drug-likeness (QED) is 0.444. The van der Waals surface area contributed by atoms with E-state index in [-0.39, 0.29) is 11.8 Å². The fraction of sp³-hybridized carbons (Fsp3) is 0.370. The van der Waals surface area contributed by atoms with Crippen molar-refractivity contribution in [3.05, 3.63) is 58.7 Å². The van der Waals surface area contributed by atoms with Crippen LogP contribution in [0, 0.1) is 23.7 Å². The smallest absolute Gasteiger partial charge is 0.272 e. The SMILES string of the molecule is CCOc1cc(C(=O)N2C[C@@H]3[C@H]4CN(C(=O)c5ccc6n[nH]nc6c5)C[C@H]4[C@@H]3C2)nc2cc(Cl)ccc12. The number of carbonyl (C=O) groups excluding carboxylic acids is 2. The maximum Gasteiger partial charge on any atom is 0.272 e. The van der Waals surface area contributed by atoms with Crippen LogP contribution in [0.3, 0.4) is 0 Å². The number of H-pyrrole nitrogens is 1. The molecule has 7 rings (SSSR count). The molecule has 9 nitrogen and oxygen atoms in total. The molecule has 4 atom stereocenters. The molecule has 0 unspecified atom stereocenters. The summed E-state index contributed by atoms with van der Waals surface area (Å²) in [5.74, 6) is 2.26. The number of aromatic nitrogens is 4. The minimum Gasteiger partial charge on any atom is -0.493 e. The fourth-order valence-electron chi connectivity index (χ4n) is 6.58. The number of hydrogen-bond acceptors (Lipinski definition) is 6. The molecule has 10 heteroatoms. The van der Waals surface area contributed by atoms with Crippen LogP contribution in [-0.4, -0.2) is 74.8 Å². The third-order valence-corrected chi connectivity index (χ3v) is 8.55. The van der Waals surface area contributed by atoms with Crippen LogP contribution < -0.4 is 4.74 Å². The summed E-state index contributed by atoms with van der Waals surface area (Å²) < 4.78 is 5.82. The molecule has 0 radical (unpaired) electrons. The zero-order valence-electron chi connectivity index (χ0n) is 20.2. The number of pyridine rings is 1. The molecule has 2 saturated heterocycles. The largest absolute Gasteiger partial charge is 0.493 e. The highest BCUT2D eigenvalue weighted by Crippen LogP contribution is 2.54. The predicted molar refractivity (Wildman–Crippen MR) is 138 cm³/mol. The van der Waals surface area contributed by atoms with E-state index in [1.807, 2.05) is 34.9 Å². The number of carbonyl (C=O) groups is 2. The lowest BCUT2D eigenvalue weighted by molar-refractivity contribution is 0.0629. The Morgan fingerprint density at radius 1 is 0.892 bits per heavy atom. The maximum atomic E-state index is 13.5. The lowest BCUT2D eigenvalue weighted by Crippen LogP contribution is -2.44. The molecule has 1 N–H and O–H groups in total. The summed E-state index contributed by atoms with van der Waals surface area (Å²) in [6, 6.07) is 12.6. The summed E-state index contributed by atoms with van der Waals surface area (Å²) in [5.41, 5.74) is 3.10. The number of nitrogens with zero attached hydrogens (tertiary/aromatic N) is 5. The molecule has 3 fully saturated rings. The van der Waals surface area contributed by atoms with Crippen LogP contribution in [0.1, 0.15) is 27.8 Å². The highest BCUT2D eigenvalue weighted by atomic mass is 35.5. The lowest BCUT2D eigenvalue weighted by atomic mass is 9.60. The zero-order valence-corrected chi connectivity index (χ0v) is 21.0. The first kappa shape index (κ1) is 22.5. The van der Waals surface area contributed by atoms with Gasteiger partial charge in [-0.25, -0.2) is 4.98 Å². The van der Waals surface area contributed by atoms with Gasteiger partial charge in [0.15, 0.2) is 0 Å². The first-order valence-electron chi connectivity index (χ1n) is 12.6. The summed E-state index contributed by atoms with van der Waals surface area (Å²) in [7, 11) is 0. The molecule has 3 aliphatic rings. The molecule has 1 saturated carbocycles. The van der Waals surface area contributed by atoms with Crippen LogP contribution in [0.25, 0.3) is 21.9 Å². The number of ether oxygens (including phenoxy) is 1. The number of rotatable bonds is 4. The van der Waals surface area contributed by atoms with E-state index < -0.39 is 0 Å². The van der Waals surface area contributed by atoms with E-state index in [1.165, 1.54) is 0 Å². The van der Waals surface area contributed by atoms with Gasteiger partial charge in [-0.1, -0.05) is 11.6 Å². The van der Waals surface area contributed by atoms with E-state index >= 15 is 0 Å². The topological polar surface area (TPSA) is 104 Å². The Bertz CT molecular complexity index is 1550. The first-order chi connectivity index (χ1) is 18.0. The summed E-state index contributed by atoms with van der Waals surface area (Å²) in [4.78, 5) is 35.2. The van der Waals surface area contributed by atoms with Crippen LogP contribution in [0.2, 0.25) is 5.02 Å². The van der Waals surface area contributed by atoms with Crippen LogP contribution >= 0.6 is 11.6 Å². The van der Waals surface area contributed by atoms with E-state index in [2.05, 4.69) is 20.4 Å². The Labute approximate surface area is 217 Å². The van der Waals surface area contributed by atoms with Gasteiger partial charge in [0.1, 0.15) is 22.5 Å². The van der Waals surface area contributed by atoms with Crippen LogP contribution in [0.5, 0.6) is 5.75 Å². The molecular weight excluding hydrogens is 492 g/mol. The molecule has 1 aliphatic carbocycles. The number of benzene rings is 2. The molecule has 4 aromatic rings. The van der Waals surface area contributed by atoms with Gasteiger partial charge in [-0.3, -0.25) is 9.59 Å². The maximum absolute atomic E-state index is 13.5.